The fourth-order valence-electron chi connectivity index (χ4n) is 1.93. The third-order valence-electron chi connectivity index (χ3n) is 2.62. The molecule has 1 aliphatic rings. The summed E-state index contributed by atoms with van der Waals surface area (Å²) in [5, 5.41) is 0.814. The van der Waals surface area contributed by atoms with Crippen LogP contribution in [0.25, 0.3) is 0 Å². The SMILES string of the molecule is CC1CN(Cc2cccc(Cl)c2)CCO1. The first-order chi connectivity index (χ1) is 7.24. The van der Waals surface area contributed by atoms with E-state index < -0.39 is 0 Å². The predicted octanol–water partition coefficient (Wildman–Crippen LogP) is 2.56. The number of nitrogens with zero attached hydrogens (tertiary/aromatic N) is 1. The van der Waals surface area contributed by atoms with Crippen LogP contribution in [0.1, 0.15) is 12.5 Å². The van der Waals surface area contributed by atoms with Gasteiger partial charge in [-0.1, -0.05) is 23.7 Å². The Morgan fingerprint density at radius 3 is 3.13 bits per heavy atom. The predicted molar refractivity (Wildman–Crippen MR) is 62.1 cm³/mol. The van der Waals surface area contributed by atoms with Crippen molar-refractivity contribution >= 4 is 11.6 Å². The van der Waals surface area contributed by atoms with E-state index in [1.807, 2.05) is 18.2 Å². The van der Waals surface area contributed by atoms with Crippen molar-refractivity contribution in [2.45, 2.75) is 19.6 Å². The fraction of sp³-hybridized carbons (Fsp3) is 0.500. The molecule has 2 nitrogen and oxygen atoms in total. The van der Waals surface area contributed by atoms with Crippen molar-refractivity contribution in [3.63, 3.8) is 0 Å². The Morgan fingerprint density at radius 2 is 2.40 bits per heavy atom. The van der Waals surface area contributed by atoms with E-state index in [0.29, 0.717) is 6.10 Å². The highest BCUT2D eigenvalue weighted by molar-refractivity contribution is 6.30. The summed E-state index contributed by atoms with van der Waals surface area (Å²) >= 11 is 5.95. The van der Waals surface area contributed by atoms with Gasteiger partial charge >= 0.3 is 0 Å². The maximum absolute atomic E-state index is 5.95. The van der Waals surface area contributed by atoms with Gasteiger partial charge in [0.05, 0.1) is 12.7 Å². The molecule has 0 radical (unpaired) electrons. The minimum Gasteiger partial charge on any atom is -0.376 e. The van der Waals surface area contributed by atoms with Crippen molar-refractivity contribution in [3.05, 3.63) is 34.9 Å². The molecule has 1 unspecified atom stereocenters. The number of morpholine rings is 1. The average molecular weight is 226 g/mol. The molecule has 0 spiro atoms. The van der Waals surface area contributed by atoms with Crippen LogP contribution < -0.4 is 0 Å². The molecule has 0 amide bonds. The quantitative estimate of drug-likeness (QED) is 0.767. The Morgan fingerprint density at radius 1 is 1.53 bits per heavy atom. The number of halogens is 1. The van der Waals surface area contributed by atoms with E-state index in [0.717, 1.165) is 31.3 Å². The van der Waals surface area contributed by atoms with Gasteiger partial charge in [0.15, 0.2) is 0 Å². The molecule has 1 aromatic carbocycles. The molecule has 0 N–H and O–H groups in total. The van der Waals surface area contributed by atoms with E-state index in [9.17, 15) is 0 Å². The molecule has 1 aromatic rings. The van der Waals surface area contributed by atoms with Crippen molar-refractivity contribution in [1.29, 1.82) is 0 Å². The summed E-state index contributed by atoms with van der Waals surface area (Å²) in [7, 11) is 0. The summed E-state index contributed by atoms with van der Waals surface area (Å²) in [5.74, 6) is 0. The van der Waals surface area contributed by atoms with Gasteiger partial charge in [0.2, 0.25) is 0 Å². The molecule has 1 atom stereocenters. The maximum atomic E-state index is 5.95. The van der Waals surface area contributed by atoms with Gasteiger partial charge in [0, 0.05) is 24.7 Å². The molecule has 0 aromatic heterocycles. The molecular formula is C12H16ClNO. The van der Waals surface area contributed by atoms with E-state index >= 15 is 0 Å². The molecule has 82 valence electrons. The van der Waals surface area contributed by atoms with Gasteiger partial charge < -0.3 is 4.74 Å². The Hall–Kier alpha value is -0.570. The van der Waals surface area contributed by atoms with E-state index in [1.54, 1.807) is 0 Å². The third kappa shape index (κ3) is 3.20. The Labute approximate surface area is 95.8 Å². The van der Waals surface area contributed by atoms with Crippen LogP contribution in [-0.4, -0.2) is 30.7 Å². The number of benzene rings is 1. The molecule has 0 saturated carbocycles. The van der Waals surface area contributed by atoms with Crippen LogP contribution in [0.15, 0.2) is 24.3 Å². The first kappa shape index (κ1) is 10.9. The lowest BCUT2D eigenvalue weighted by Gasteiger charge is -2.31. The smallest absolute Gasteiger partial charge is 0.0674 e. The van der Waals surface area contributed by atoms with Crippen molar-refractivity contribution in [1.82, 2.24) is 4.90 Å². The van der Waals surface area contributed by atoms with Crippen molar-refractivity contribution in [2.24, 2.45) is 0 Å². The zero-order chi connectivity index (χ0) is 10.7. The second-order valence-electron chi connectivity index (χ2n) is 4.05. The van der Waals surface area contributed by atoms with Gasteiger partial charge in [-0.2, -0.15) is 0 Å². The summed E-state index contributed by atoms with van der Waals surface area (Å²) in [5.41, 5.74) is 1.27. The molecular weight excluding hydrogens is 210 g/mol. The minimum absolute atomic E-state index is 0.345. The van der Waals surface area contributed by atoms with Crippen LogP contribution in [0.2, 0.25) is 5.02 Å². The zero-order valence-corrected chi connectivity index (χ0v) is 9.70. The molecule has 0 bridgehead atoms. The first-order valence-corrected chi connectivity index (χ1v) is 5.70. The molecule has 1 saturated heterocycles. The van der Waals surface area contributed by atoms with Crippen LogP contribution in [0.3, 0.4) is 0 Å². The molecule has 3 heteroatoms. The summed E-state index contributed by atoms with van der Waals surface area (Å²) in [6.07, 6.45) is 0.345. The number of hydrogen-bond acceptors (Lipinski definition) is 2. The Bertz CT molecular complexity index is 329. The summed E-state index contributed by atoms with van der Waals surface area (Å²) in [6.45, 7) is 5.93. The molecule has 1 fully saturated rings. The van der Waals surface area contributed by atoms with Gasteiger partial charge in [-0.25, -0.2) is 0 Å². The van der Waals surface area contributed by atoms with E-state index in [1.165, 1.54) is 5.56 Å². The highest BCUT2D eigenvalue weighted by atomic mass is 35.5. The average Bonchev–Trinajstić information content (AvgIpc) is 2.17. The topological polar surface area (TPSA) is 12.5 Å². The van der Waals surface area contributed by atoms with Gasteiger partial charge in [-0.15, -0.1) is 0 Å². The maximum Gasteiger partial charge on any atom is 0.0674 e. The zero-order valence-electron chi connectivity index (χ0n) is 8.95. The molecule has 0 aliphatic carbocycles. The molecule has 2 rings (SSSR count). The van der Waals surface area contributed by atoms with Gasteiger partial charge in [-0.3, -0.25) is 4.90 Å². The van der Waals surface area contributed by atoms with Crippen LogP contribution >= 0.6 is 11.6 Å². The standard InChI is InChI=1S/C12H16ClNO/c1-10-8-14(5-6-15-10)9-11-3-2-4-12(13)7-11/h2-4,7,10H,5-6,8-9H2,1H3. The largest absolute Gasteiger partial charge is 0.376 e. The monoisotopic (exact) mass is 225 g/mol. The summed E-state index contributed by atoms with van der Waals surface area (Å²) < 4.78 is 5.50. The van der Waals surface area contributed by atoms with Crippen LogP contribution in [0, 0.1) is 0 Å². The Balaban J connectivity index is 1.96. The van der Waals surface area contributed by atoms with Crippen molar-refractivity contribution in [3.8, 4) is 0 Å². The molecule has 1 aliphatic heterocycles. The summed E-state index contributed by atoms with van der Waals surface area (Å²) in [4.78, 5) is 2.40. The number of hydrogen-bond donors (Lipinski definition) is 0. The van der Waals surface area contributed by atoms with Gasteiger partial charge in [0.25, 0.3) is 0 Å². The molecule has 1 heterocycles. The normalized spacial score (nSPS) is 22.9. The van der Waals surface area contributed by atoms with E-state index in [2.05, 4.69) is 17.9 Å². The van der Waals surface area contributed by atoms with E-state index in [-0.39, 0.29) is 0 Å². The Kier molecular flexibility index (Phi) is 3.62. The second-order valence-corrected chi connectivity index (χ2v) is 4.48. The second kappa shape index (κ2) is 4.97. The minimum atomic E-state index is 0.345. The van der Waals surface area contributed by atoms with Crippen molar-refractivity contribution < 1.29 is 4.74 Å². The van der Waals surface area contributed by atoms with Crippen LogP contribution in [0.5, 0.6) is 0 Å². The first-order valence-electron chi connectivity index (χ1n) is 5.32. The highest BCUT2D eigenvalue weighted by Crippen LogP contribution is 2.14. The van der Waals surface area contributed by atoms with Gasteiger partial charge in [-0.05, 0) is 24.6 Å². The molecule has 15 heavy (non-hydrogen) atoms. The lowest BCUT2D eigenvalue weighted by molar-refractivity contribution is -0.0212. The third-order valence-corrected chi connectivity index (χ3v) is 2.86. The van der Waals surface area contributed by atoms with Crippen LogP contribution in [-0.2, 0) is 11.3 Å². The van der Waals surface area contributed by atoms with E-state index in [4.69, 9.17) is 16.3 Å². The fourth-order valence-corrected chi connectivity index (χ4v) is 2.14. The summed E-state index contributed by atoms with van der Waals surface area (Å²) in [6, 6.07) is 8.06. The lowest BCUT2D eigenvalue weighted by Crippen LogP contribution is -2.40. The highest BCUT2D eigenvalue weighted by Gasteiger charge is 2.16. The lowest BCUT2D eigenvalue weighted by atomic mass is 10.2. The number of rotatable bonds is 2. The number of ether oxygens (including phenoxy) is 1. The van der Waals surface area contributed by atoms with Gasteiger partial charge in [0.1, 0.15) is 0 Å². The van der Waals surface area contributed by atoms with Crippen LogP contribution in [0.4, 0.5) is 0 Å². The van der Waals surface area contributed by atoms with Crippen molar-refractivity contribution in [2.75, 3.05) is 19.7 Å².